The zero-order chi connectivity index (χ0) is 15.7. The highest BCUT2D eigenvalue weighted by Crippen LogP contribution is 2.29. The molecule has 1 unspecified atom stereocenters. The van der Waals surface area contributed by atoms with E-state index >= 15 is 0 Å². The molecule has 0 amide bonds. The summed E-state index contributed by atoms with van der Waals surface area (Å²) in [6.07, 6.45) is -0.0300. The third-order valence-corrected chi connectivity index (χ3v) is 5.58. The molecule has 21 heavy (non-hydrogen) atoms. The molecule has 1 atom stereocenters. The Hall–Kier alpha value is -1.15. The Morgan fingerprint density at radius 3 is 2.76 bits per heavy atom. The molecule has 116 valence electrons. The molecule has 1 fully saturated rings. The van der Waals surface area contributed by atoms with E-state index < -0.39 is 21.5 Å². The molecule has 0 saturated carbocycles. The second kappa shape index (κ2) is 5.92. The maximum Gasteiger partial charge on any atom is 0.305 e. The van der Waals surface area contributed by atoms with Crippen LogP contribution in [0, 0.1) is 6.92 Å². The number of aliphatic carboxylic acids is 1. The van der Waals surface area contributed by atoms with Gasteiger partial charge in [0.05, 0.1) is 23.6 Å². The number of sulfonamides is 1. The lowest BCUT2D eigenvalue weighted by molar-refractivity contribution is -0.138. The van der Waals surface area contributed by atoms with Crippen molar-refractivity contribution in [1.82, 2.24) is 4.72 Å². The zero-order valence-electron chi connectivity index (χ0n) is 11.4. The van der Waals surface area contributed by atoms with Gasteiger partial charge in [-0.25, -0.2) is 13.1 Å². The van der Waals surface area contributed by atoms with Crippen molar-refractivity contribution in [2.24, 2.45) is 0 Å². The minimum Gasteiger partial charge on any atom is -0.481 e. The van der Waals surface area contributed by atoms with Gasteiger partial charge in [0.25, 0.3) is 0 Å². The summed E-state index contributed by atoms with van der Waals surface area (Å²) in [5.74, 6) is -1.08. The van der Waals surface area contributed by atoms with E-state index in [2.05, 4.69) is 4.72 Å². The van der Waals surface area contributed by atoms with E-state index in [4.69, 9.17) is 21.4 Å². The average Bonchev–Trinajstić information content (AvgIpc) is 2.74. The van der Waals surface area contributed by atoms with Crippen molar-refractivity contribution in [3.63, 3.8) is 0 Å². The van der Waals surface area contributed by atoms with Gasteiger partial charge in [-0.15, -0.1) is 0 Å². The molecule has 0 spiro atoms. The van der Waals surface area contributed by atoms with Gasteiger partial charge in [0, 0.05) is 6.61 Å². The highest BCUT2D eigenvalue weighted by molar-refractivity contribution is 7.89. The van der Waals surface area contributed by atoms with Crippen LogP contribution in [0.25, 0.3) is 0 Å². The predicted molar refractivity (Wildman–Crippen MR) is 76.9 cm³/mol. The molecule has 0 radical (unpaired) electrons. The number of rotatable bonds is 5. The Labute approximate surface area is 128 Å². The molecule has 2 rings (SSSR count). The monoisotopic (exact) mass is 333 g/mol. The zero-order valence-corrected chi connectivity index (χ0v) is 13.0. The SMILES string of the molecule is Cc1cccc(Cl)c1S(=O)(=O)NC1(CC(=O)O)CCOC1. The summed E-state index contributed by atoms with van der Waals surface area (Å²) in [4.78, 5) is 11.0. The summed E-state index contributed by atoms with van der Waals surface area (Å²) < 4.78 is 32.8. The fourth-order valence-electron chi connectivity index (χ4n) is 2.45. The molecule has 1 aromatic carbocycles. The largest absolute Gasteiger partial charge is 0.481 e. The summed E-state index contributed by atoms with van der Waals surface area (Å²) in [7, 11) is -3.93. The summed E-state index contributed by atoms with van der Waals surface area (Å²) in [5.41, 5.74) is -0.629. The maximum atomic E-state index is 12.6. The molecule has 0 aliphatic carbocycles. The normalized spacial score (nSPS) is 22.4. The number of hydrogen-bond donors (Lipinski definition) is 2. The van der Waals surface area contributed by atoms with Gasteiger partial charge in [0.15, 0.2) is 0 Å². The van der Waals surface area contributed by atoms with Crippen LogP contribution >= 0.6 is 11.6 Å². The minimum absolute atomic E-state index is 0.0247. The molecule has 1 heterocycles. The standard InChI is InChI=1S/C13H16ClNO5S/c1-9-3-2-4-10(14)12(9)21(18,19)15-13(7-11(16)17)5-6-20-8-13/h2-4,15H,5-8H2,1H3,(H,16,17). The lowest BCUT2D eigenvalue weighted by atomic mass is 9.96. The van der Waals surface area contributed by atoms with Gasteiger partial charge in [-0.1, -0.05) is 23.7 Å². The summed E-state index contributed by atoms with van der Waals surface area (Å²) in [6.45, 7) is 1.98. The number of benzene rings is 1. The number of carbonyl (C=O) groups is 1. The highest BCUT2D eigenvalue weighted by atomic mass is 35.5. The van der Waals surface area contributed by atoms with Crippen molar-refractivity contribution < 1.29 is 23.1 Å². The Morgan fingerprint density at radius 2 is 2.24 bits per heavy atom. The van der Waals surface area contributed by atoms with Crippen molar-refractivity contribution in [3.05, 3.63) is 28.8 Å². The smallest absolute Gasteiger partial charge is 0.305 e. The van der Waals surface area contributed by atoms with Crippen LogP contribution in [-0.4, -0.2) is 38.2 Å². The molecule has 8 heteroatoms. The molecular formula is C13H16ClNO5S. The van der Waals surface area contributed by atoms with Gasteiger partial charge >= 0.3 is 5.97 Å². The third kappa shape index (κ3) is 3.55. The van der Waals surface area contributed by atoms with Crippen LogP contribution in [0.1, 0.15) is 18.4 Å². The van der Waals surface area contributed by atoms with E-state index in [1.807, 2.05) is 0 Å². The van der Waals surface area contributed by atoms with Gasteiger partial charge in [-0.3, -0.25) is 4.79 Å². The molecule has 0 aromatic heterocycles. The van der Waals surface area contributed by atoms with E-state index in [1.54, 1.807) is 19.1 Å². The quantitative estimate of drug-likeness (QED) is 0.853. The molecule has 2 N–H and O–H groups in total. The Bertz CT molecular complexity index is 632. The van der Waals surface area contributed by atoms with Crippen molar-refractivity contribution in [2.75, 3.05) is 13.2 Å². The van der Waals surface area contributed by atoms with Crippen molar-refractivity contribution in [3.8, 4) is 0 Å². The van der Waals surface area contributed by atoms with Gasteiger partial charge in [-0.2, -0.15) is 0 Å². The van der Waals surface area contributed by atoms with Gasteiger partial charge in [0.2, 0.25) is 10.0 Å². The van der Waals surface area contributed by atoms with Gasteiger partial charge < -0.3 is 9.84 Å². The van der Waals surface area contributed by atoms with E-state index in [9.17, 15) is 13.2 Å². The second-order valence-electron chi connectivity index (χ2n) is 5.14. The van der Waals surface area contributed by atoms with Crippen molar-refractivity contribution in [1.29, 1.82) is 0 Å². The van der Waals surface area contributed by atoms with E-state index in [1.165, 1.54) is 6.07 Å². The number of nitrogens with one attached hydrogen (secondary N) is 1. The molecule has 1 aromatic rings. The van der Waals surface area contributed by atoms with Crippen molar-refractivity contribution in [2.45, 2.75) is 30.2 Å². The first-order chi connectivity index (χ1) is 9.76. The molecule has 6 nitrogen and oxygen atoms in total. The Morgan fingerprint density at radius 1 is 1.52 bits per heavy atom. The number of ether oxygens (including phenoxy) is 1. The molecule has 1 aliphatic heterocycles. The third-order valence-electron chi connectivity index (χ3n) is 3.38. The molecule has 0 bridgehead atoms. The second-order valence-corrected chi connectivity index (χ2v) is 7.17. The topological polar surface area (TPSA) is 92.7 Å². The highest BCUT2D eigenvalue weighted by Gasteiger charge is 2.41. The summed E-state index contributed by atoms with van der Waals surface area (Å²) in [5, 5.41) is 9.10. The lowest BCUT2D eigenvalue weighted by Crippen LogP contribution is -2.50. The Balaban J connectivity index is 2.38. The van der Waals surface area contributed by atoms with Crippen molar-refractivity contribution >= 4 is 27.6 Å². The fourth-order valence-corrected chi connectivity index (χ4v) is 4.69. The average molecular weight is 334 g/mol. The summed E-state index contributed by atoms with van der Waals surface area (Å²) in [6, 6.07) is 4.77. The van der Waals surface area contributed by atoms with E-state index in [0.29, 0.717) is 18.6 Å². The molecule has 1 aliphatic rings. The van der Waals surface area contributed by atoms with Gasteiger partial charge in [-0.05, 0) is 25.0 Å². The first-order valence-electron chi connectivity index (χ1n) is 6.34. The van der Waals surface area contributed by atoms with E-state index in [0.717, 1.165) is 0 Å². The maximum absolute atomic E-state index is 12.6. The van der Waals surface area contributed by atoms with Crippen LogP contribution in [0.5, 0.6) is 0 Å². The summed E-state index contributed by atoms with van der Waals surface area (Å²) >= 11 is 5.98. The number of carboxylic acids is 1. The van der Waals surface area contributed by atoms with Crippen LogP contribution in [0.2, 0.25) is 5.02 Å². The lowest BCUT2D eigenvalue weighted by Gasteiger charge is -2.27. The van der Waals surface area contributed by atoms with Crippen LogP contribution < -0.4 is 4.72 Å². The molecule has 1 saturated heterocycles. The van der Waals surface area contributed by atoms with Crippen LogP contribution in [0.4, 0.5) is 0 Å². The van der Waals surface area contributed by atoms with Crippen LogP contribution in [0.15, 0.2) is 23.1 Å². The van der Waals surface area contributed by atoms with Crippen LogP contribution in [0.3, 0.4) is 0 Å². The first-order valence-corrected chi connectivity index (χ1v) is 8.21. The number of hydrogen-bond acceptors (Lipinski definition) is 4. The minimum atomic E-state index is -3.93. The van der Waals surface area contributed by atoms with Crippen LogP contribution in [-0.2, 0) is 19.6 Å². The number of carboxylic acid groups (broad SMARTS) is 1. The fraction of sp³-hybridized carbons (Fsp3) is 0.462. The predicted octanol–water partition coefficient (Wildman–Crippen LogP) is 1.56. The first kappa shape index (κ1) is 16.2. The number of halogens is 1. The number of aryl methyl sites for hydroxylation is 1. The van der Waals surface area contributed by atoms with E-state index in [-0.39, 0.29) is 22.9 Å². The van der Waals surface area contributed by atoms with Gasteiger partial charge in [0.1, 0.15) is 4.90 Å². The Kier molecular flexibility index (Phi) is 4.57. The molecular weight excluding hydrogens is 318 g/mol.